The van der Waals surface area contributed by atoms with E-state index < -0.39 is 0 Å². The molecule has 3 N–H and O–H groups in total. The Kier molecular flexibility index (Phi) is 3.33. The van der Waals surface area contributed by atoms with Crippen molar-refractivity contribution in [3.05, 3.63) is 6.33 Å². The molecule has 20 heavy (non-hydrogen) atoms. The summed E-state index contributed by atoms with van der Waals surface area (Å²) in [6.45, 7) is 1.69. The van der Waals surface area contributed by atoms with E-state index in [2.05, 4.69) is 20.2 Å². The van der Waals surface area contributed by atoms with Crippen LogP contribution in [0.25, 0.3) is 0 Å². The maximum Gasteiger partial charge on any atom is 0.220 e. The molecule has 3 heterocycles. The van der Waals surface area contributed by atoms with Crippen molar-refractivity contribution in [1.82, 2.24) is 15.3 Å². The molecule has 0 aliphatic carbocycles. The van der Waals surface area contributed by atoms with Crippen LogP contribution in [0.2, 0.25) is 0 Å². The first-order valence-corrected chi connectivity index (χ1v) is 6.88. The van der Waals surface area contributed by atoms with Crippen LogP contribution in [-0.4, -0.2) is 42.1 Å². The van der Waals surface area contributed by atoms with Gasteiger partial charge in [-0.3, -0.25) is 4.79 Å². The lowest BCUT2D eigenvalue weighted by molar-refractivity contribution is -0.124. The van der Waals surface area contributed by atoms with Gasteiger partial charge in [0.25, 0.3) is 0 Å². The monoisotopic (exact) mass is 277 g/mol. The fourth-order valence-corrected chi connectivity index (χ4v) is 3.10. The maximum atomic E-state index is 11.4. The van der Waals surface area contributed by atoms with Gasteiger partial charge in [0.1, 0.15) is 6.33 Å². The summed E-state index contributed by atoms with van der Waals surface area (Å²) in [5.74, 6) is 2.27. The first-order chi connectivity index (χ1) is 9.69. The Morgan fingerprint density at radius 2 is 2.30 bits per heavy atom. The van der Waals surface area contributed by atoms with Crippen LogP contribution < -0.4 is 20.7 Å². The first kappa shape index (κ1) is 13.0. The minimum Gasteiger partial charge on any atom is -0.490 e. The number of hydrogen-bond donors (Lipinski definition) is 2. The smallest absolute Gasteiger partial charge is 0.220 e. The van der Waals surface area contributed by atoms with E-state index in [1.54, 1.807) is 7.11 Å². The summed E-state index contributed by atoms with van der Waals surface area (Å²) >= 11 is 0. The summed E-state index contributed by atoms with van der Waals surface area (Å²) < 4.78 is 5.32. The summed E-state index contributed by atoms with van der Waals surface area (Å²) in [5.41, 5.74) is 5.83. The van der Waals surface area contributed by atoms with Crippen LogP contribution in [0.1, 0.15) is 19.3 Å². The Morgan fingerprint density at radius 3 is 3.10 bits per heavy atom. The highest BCUT2D eigenvalue weighted by molar-refractivity contribution is 5.77. The molecule has 0 bridgehead atoms. The van der Waals surface area contributed by atoms with Crippen molar-refractivity contribution in [3.8, 4) is 5.75 Å². The normalized spacial score (nSPS) is 25.9. The number of ether oxygens (including phenoxy) is 1. The topological polar surface area (TPSA) is 93.4 Å². The molecule has 0 spiro atoms. The Morgan fingerprint density at radius 1 is 1.45 bits per heavy atom. The molecule has 0 aromatic carbocycles. The molecule has 2 unspecified atom stereocenters. The minimum absolute atomic E-state index is 0.170. The van der Waals surface area contributed by atoms with Crippen molar-refractivity contribution in [2.24, 2.45) is 5.92 Å². The van der Waals surface area contributed by atoms with Gasteiger partial charge in [0.2, 0.25) is 11.7 Å². The third-order valence-corrected chi connectivity index (χ3v) is 4.14. The summed E-state index contributed by atoms with van der Waals surface area (Å²) in [7, 11) is 1.58. The Hall–Kier alpha value is -2.05. The molecular weight excluding hydrogens is 258 g/mol. The van der Waals surface area contributed by atoms with E-state index in [-0.39, 0.29) is 11.9 Å². The standard InChI is InChI=1S/C13H19N5O2/c1-20-11-12(14)15-7-16-13(11)18-5-4-9-8(6-18)2-3-10(19)17-9/h7-9H,2-6H2,1H3,(H,17,19)(H2,14,15,16). The molecule has 0 radical (unpaired) electrons. The number of anilines is 2. The maximum absolute atomic E-state index is 11.4. The molecule has 2 fully saturated rings. The van der Waals surface area contributed by atoms with Gasteiger partial charge in [-0.25, -0.2) is 9.97 Å². The van der Waals surface area contributed by atoms with Crippen LogP contribution in [-0.2, 0) is 4.79 Å². The first-order valence-electron chi connectivity index (χ1n) is 6.88. The number of methoxy groups -OCH3 is 1. The molecule has 7 nitrogen and oxygen atoms in total. The number of hydrogen-bond acceptors (Lipinski definition) is 6. The van der Waals surface area contributed by atoms with Gasteiger partial charge in [-0.15, -0.1) is 0 Å². The zero-order valence-corrected chi connectivity index (χ0v) is 11.5. The zero-order chi connectivity index (χ0) is 14.1. The molecule has 7 heteroatoms. The third kappa shape index (κ3) is 2.23. The quantitative estimate of drug-likeness (QED) is 0.800. The molecule has 0 saturated carbocycles. The lowest BCUT2D eigenvalue weighted by Crippen LogP contribution is -2.54. The van der Waals surface area contributed by atoms with Crippen LogP contribution in [0.4, 0.5) is 11.6 Å². The second kappa shape index (κ2) is 5.15. The number of nitrogens with zero attached hydrogens (tertiary/aromatic N) is 3. The lowest BCUT2D eigenvalue weighted by atomic mass is 9.85. The Bertz CT molecular complexity index is 521. The van der Waals surface area contributed by atoms with Gasteiger partial charge in [0.05, 0.1) is 7.11 Å². The predicted molar refractivity (Wildman–Crippen MR) is 74.5 cm³/mol. The number of nitrogen functional groups attached to an aromatic ring is 1. The van der Waals surface area contributed by atoms with E-state index in [0.29, 0.717) is 23.9 Å². The van der Waals surface area contributed by atoms with Crippen LogP contribution >= 0.6 is 0 Å². The number of nitrogens with one attached hydrogen (secondary N) is 1. The molecule has 1 aromatic heterocycles. The van der Waals surface area contributed by atoms with Crippen LogP contribution in [0.15, 0.2) is 6.33 Å². The highest BCUT2D eigenvalue weighted by Crippen LogP contribution is 2.34. The van der Waals surface area contributed by atoms with Gasteiger partial charge in [-0.2, -0.15) is 0 Å². The summed E-state index contributed by atoms with van der Waals surface area (Å²) in [5, 5.41) is 3.08. The lowest BCUT2D eigenvalue weighted by Gasteiger charge is -2.42. The van der Waals surface area contributed by atoms with Crippen LogP contribution in [0.3, 0.4) is 0 Å². The molecule has 2 atom stereocenters. The zero-order valence-electron chi connectivity index (χ0n) is 11.5. The fourth-order valence-electron chi connectivity index (χ4n) is 3.10. The molecule has 3 rings (SSSR count). The van der Waals surface area contributed by atoms with Crippen molar-refractivity contribution >= 4 is 17.5 Å². The molecule has 1 aromatic rings. The van der Waals surface area contributed by atoms with Gasteiger partial charge in [-0.1, -0.05) is 0 Å². The van der Waals surface area contributed by atoms with Crippen molar-refractivity contribution in [2.75, 3.05) is 30.8 Å². The van der Waals surface area contributed by atoms with Crippen LogP contribution in [0.5, 0.6) is 5.75 Å². The number of carbonyl (C=O) groups is 1. The van der Waals surface area contributed by atoms with Gasteiger partial charge < -0.3 is 20.7 Å². The predicted octanol–water partition coefficient (Wildman–Crippen LogP) is 0.172. The molecule has 1 amide bonds. The van der Waals surface area contributed by atoms with Crippen molar-refractivity contribution in [2.45, 2.75) is 25.3 Å². The SMILES string of the molecule is COc1c(N)ncnc1N1CCC2NC(=O)CCC2C1. The fraction of sp³-hybridized carbons (Fsp3) is 0.615. The minimum atomic E-state index is 0.170. The number of rotatable bonds is 2. The van der Waals surface area contributed by atoms with Crippen LogP contribution in [0, 0.1) is 5.92 Å². The summed E-state index contributed by atoms with van der Waals surface area (Å²) in [4.78, 5) is 21.9. The number of nitrogens with two attached hydrogens (primary N) is 1. The number of amides is 1. The van der Waals surface area contributed by atoms with Gasteiger partial charge in [-0.05, 0) is 18.8 Å². The highest BCUT2D eigenvalue weighted by atomic mass is 16.5. The van der Waals surface area contributed by atoms with Gasteiger partial charge >= 0.3 is 0 Å². The number of carbonyl (C=O) groups excluding carboxylic acids is 1. The number of piperidine rings is 2. The van der Waals surface area contributed by atoms with Gasteiger partial charge in [0, 0.05) is 25.6 Å². The second-order valence-corrected chi connectivity index (χ2v) is 5.32. The summed E-state index contributed by atoms with van der Waals surface area (Å²) in [6, 6.07) is 0.290. The van der Waals surface area contributed by atoms with E-state index in [1.807, 2.05) is 0 Å². The second-order valence-electron chi connectivity index (χ2n) is 5.32. The van der Waals surface area contributed by atoms with E-state index in [0.717, 1.165) is 31.7 Å². The molecule has 2 aliphatic heterocycles. The molecule has 108 valence electrons. The van der Waals surface area contributed by atoms with Gasteiger partial charge in [0.15, 0.2) is 11.6 Å². The van der Waals surface area contributed by atoms with E-state index in [4.69, 9.17) is 10.5 Å². The average Bonchev–Trinajstić information content (AvgIpc) is 2.46. The highest BCUT2D eigenvalue weighted by Gasteiger charge is 2.35. The number of fused-ring (bicyclic) bond motifs is 1. The third-order valence-electron chi connectivity index (χ3n) is 4.14. The van der Waals surface area contributed by atoms with E-state index >= 15 is 0 Å². The van der Waals surface area contributed by atoms with Crippen molar-refractivity contribution in [1.29, 1.82) is 0 Å². The molecule has 2 aliphatic rings. The largest absolute Gasteiger partial charge is 0.490 e. The van der Waals surface area contributed by atoms with Crippen molar-refractivity contribution < 1.29 is 9.53 Å². The van der Waals surface area contributed by atoms with Crippen molar-refractivity contribution in [3.63, 3.8) is 0 Å². The molecular formula is C13H19N5O2. The number of aromatic nitrogens is 2. The van der Waals surface area contributed by atoms with E-state index in [9.17, 15) is 4.79 Å². The van der Waals surface area contributed by atoms with E-state index in [1.165, 1.54) is 6.33 Å². The average molecular weight is 277 g/mol. The summed E-state index contributed by atoms with van der Waals surface area (Å²) in [6.07, 6.45) is 3.92. The molecule has 2 saturated heterocycles. The Labute approximate surface area is 117 Å². The Balaban J connectivity index is 1.80.